The van der Waals surface area contributed by atoms with Crippen LogP contribution in [-0.2, 0) is 9.53 Å². The van der Waals surface area contributed by atoms with E-state index in [1.165, 1.54) is 19.3 Å². The van der Waals surface area contributed by atoms with Crippen LogP contribution in [-0.4, -0.2) is 5.97 Å². The van der Waals surface area contributed by atoms with Gasteiger partial charge in [0.05, 0.1) is 5.41 Å². The van der Waals surface area contributed by atoms with Crippen LogP contribution in [0.2, 0.25) is 0 Å². The van der Waals surface area contributed by atoms with Crippen molar-refractivity contribution in [1.29, 1.82) is 0 Å². The van der Waals surface area contributed by atoms with Gasteiger partial charge in [-0.1, -0.05) is 32.4 Å². The number of carbonyl (C=O) groups is 1. The van der Waals surface area contributed by atoms with E-state index in [9.17, 15) is 4.79 Å². The number of unbranched alkanes of at least 4 members (excludes halogenated alkanes) is 3. The van der Waals surface area contributed by atoms with E-state index in [-0.39, 0.29) is 5.97 Å². The fourth-order valence-corrected chi connectivity index (χ4v) is 1.03. The van der Waals surface area contributed by atoms with Crippen LogP contribution in [0.3, 0.4) is 0 Å². The molecule has 0 aromatic rings. The largest absolute Gasteiger partial charge is 0.427 e. The van der Waals surface area contributed by atoms with Gasteiger partial charge < -0.3 is 4.74 Å². The minimum atomic E-state index is -0.473. The maximum Gasteiger partial charge on any atom is 0.316 e. The first-order valence-corrected chi connectivity index (χ1v) is 5.95. The highest BCUT2D eigenvalue weighted by Gasteiger charge is 2.23. The molecule has 0 aliphatic heterocycles. The van der Waals surface area contributed by atoms with Crippen molar-refractivity contribution in [3.05, 3.63) is 24.5 Å². The summed E-state index contributed by atoms with van der Waals surface area (Å²) in [5.41, 5.74) is -0.473. The normalized spacial score (nSPS) is 11.8. The quantitative estimate of drug-likeness (QED) is 0.292. The topological polar surface area (TPSA) is 26.3 Å². The van der Waals surface area contributed by atoms with Gasteiger partial charge in [-0.3, -0.25) is 4.79 Å². The Morgan fingerprint density at radius 2 is 1.94 bits per heavy atom. The van der Waals surface area contributed by atoms with Gasteiger partial charge >= 0.3 is 5.97 Å². The summed E-state index contributed by atoms with van der Waals surface area (Å²) in [5, 5.41) is 0. The van der Waals surface area contributed by atoms with E-state index in [0.717, 1.165) is 6.42 Å². The summed E-state index contributed by atoms with van der Waals surface area (Å²) in [7, 11) is 0. The van der Waals surface area contributed by atoms with Crippen LogP contribution < -0.4 is 0 Å². The lowest BCUT2D eigenvalue weighted by Gasteiger charge is -2.16. The Balaban J connectivity index is 3.87. The molecule has 0 N–H and O–H groups in total. The van der Waals surface area contributed by atoms with Gasteiger partial charge in [0.15, 0.2) is 0 Å². The molecular formula is C14H24O2. The number of hydrogen-bond donors (Lipinski definition) is 0. The lowest BCUT2D eigenvalue weighted by Crippen LogP contribution is -2.22. The maximum absolute atomic E-state index is 11.5. The van der Waals surface area contributed by atoms with Gasteiger partial charge in [-0.2, -0.15) is 0 Å². The molecule has 0 heterocycles. The molecule has 0 spiro atoms. The molecule has 2 heteroatoms. The van der Waals surface area contributed by atoms with Crippen molar-refractivity contribution >= 4 is 5.97 Å². The Morgan fingerprint density at radius 1 is 1.31 bits per heavy atom. The molecule has 92 valence electrons. The average molecular weight is 224 g/mol. The van der Waals surface area contributed by atoms with Crippen molar-refractivity contribution < 1.29 is 9.53 Å². The van der Waals surface area contributed by atoms with Crippen LogP contribution in [0.4, 0.5) is 0 Å². The number of rotatable bonds is 6. The number of esters is 1. The Hall–Kier alpha value is -1.05. The Bertz CT molecular complexity index is 256. The third kappa shape index (κ3) is 7.27. The molecule has 0 bridgehead atoms. The lowest BCUT2D eigenvalue weighted by molar-refractivity contribution is -0.147. The van der Waals surface area contributed by atoms with Gasteiger partial charge in [-0.25, -0.2) is 0 Å². The first-order chi connectivity index (χ1) is 7.38. The number of ether oxygens (including phenoxy) is 1. The molecule has 0 fully saturated rings. The fraction of sp³-hybridized carbons (Fsp3) is 0.643. The van der Waals surface area contributed by atoms with Crippen LogP contribution in [0.1, 0.15) is 53.4 Å². The average Bonchev–Trinajstić information content (AvgIpc) is 2.16. The Labute approximate surface area is 99.4 Å². The van der Waals surface area contributed by atoms with Crippen molar-refractivity contribution in [3.63, 3.8) is 0 Å². The van der Waals surface area contributed by atoms with Gasteiger partial charge in [0.2, 0.25) is 0 Å². The molecule has 0 aliphatic carbocycles. The second-order valence-electron chi connectivity index (χ2n) is 5.00. The summed E-state index contributed by atoms with van der Waals surface area (Å²) < 4.78 is 5.10. The molecular weight excluding hydrogens is 200 g/mol. The summed E-state index contributed by atoms with van der Waals surface area (Å²) in [4.78, 5) is 11.5. The maximum atomic E-state index is 11.5. The molecule has 0 unspecified atom stereocenters. The van der Waals surface area contributed by atoms with Gasteiger partial charge in [0.1, 0.15) is 5.76 Å². The van der Waals surface area contributed by atoms with Crippen molar-refractivity contribution in [3.8, 4) is 0 Å². The van der Waals surface area contributed by atoms with Gasteiger partial charge in [-0.05, 0) is 39.7 Å². The summed E-state index contributed by atoms with van der Waals surface area (Å²) in [6.07, 6.45) is 8.42. The SMILES string of the molecule is C=C(/C=C/CCCCC)OC(=O)C(C)(C)C. The highest BCUT2D eigenvalue weighted by molar-refractivity contribution is 5.76. The van der Waals surface area contributed by atoms with Crippen LogP contribution in [0, 0.1) is 5.41 Å². The monoisotopic (exact) mass is 224 g/mol. The van der Waals surface area contributed by atoms with E-state index >= 15 is 0 Å². The number of carbonyl (C=O) groups excluding carboxylic acids is 1. The van der Waals surface area contributed by atoms with Crippen molar-refractivity contribution in [1.82, 2.24) is 0 Å². The second-order valence-corrected chi connectivity index (χ2v) is 5.00. The molecule has 0 amide bonds. The van der Waals surface area contributed by atoms with E-state index in [1.54, 1.807) is 6.08 Å². The third-order valence-corrected chi connectivity index (χ3v) is 2.11. The zero-order chi connectivity index (χ0) is 12.6. The van der Waals surface area contributed by atoms with Crippen molar-refractivity contribution in [2.75, 3.05) is 0 Å². The lowest BCUT2D eigenvalue weighted by atomic mass is 9.97. The first-order valence-electron chi connectivity index (χ1n) is 5.95. The molecule has 0 saturated carbocycles. The van der Waals surface area contributed by atoms with E-state index in [0.29, 0.717) is 5.76 Å². The highest BCUT2D eigenvalue weighted by atomic mass is 16.5. The van der Waals surface area contributed by atoms with Crippen molar-refractivity contribution in [2.24, 2.45) is 5.41 Å². The van der Waals surface area contributed by atoms with E-state index in [1.807, 2.05) is 26.8 Å². The smallest absolute Gasteiger partial charge is 0.316 e. The van der Waals surface area contributed by atoms with Gasteiger partial charge in [0.25, 0.3) is 0 Å². The standard InChI is InChI=1S/C14H24O2/c1-6-7-8-9-10-11-12(2)16-13(15)14(3,4)5/h10-11H,2,6-9H2,1,3-5H3/b11-10+. The van der Waals surface area contributed by atoms with Crippen LogP contribution in [0.25, 0.3) is 0 Å². The van der Waals surface area contributed by atoms with Gasteiger partial charge in [0, 0.05) is 0 Å². The van der Waals surface area contributed by atoms with Gasteiger partial charge in [-0.15, -0.1) is 0 Å². The predicted molar refractivity (Wildman–Crippen MR) is 68.0 cm³/mol. The van der Waals surface area contributed by atoms with Crippen LogP contribution in [0.5, 0.6) is 0 Å². The number of allylic oxidation sites excluding steroid dienone is 2. The summed E-state index contributed by atoms with van der Waals surface area (Å²) in [6.45, 7) is 11.4. The van der Waals surface area contributed by atoms with E-state index in [4.69, 9.17) is 4.74 Å². The molecule has 0 atom stereocenters. The highest BCUT2D eigenvalue weighted by Crippen LogP contribution is 2.17. The zero-order valence-corrected chi connectivity index (χ0v) is 11.0. The molecule has 0 aliphatic rings. The molecule has 0 rings (SSSR count). The molecule has 0 saturated heterocycles. The Morgan fingerprint density at radius 3 is 2.44 bits per heavy atom. The summed E-state index contributed by atoms with van der Waals surface area (Å²) >= 11 is 0. The van der Waals surface area contributed by atoms with E-state index in [2.05, 4.69) is 13.5 Å². The van der Waals surface area contributed by atoms with E-state index < -0.39 is 5.41 Å². The fourth-order valence-electron chi connectivity index (χ4n) is 1.03. The zero-order valence-electron chi connectivity index (χ0n) is 11.0. The molecule has 2 nitrogen and oxygen atoms in total. The second kappa shape index (κ2) is 7.26. The predicted octanol–water partition coefficient (Wildman–Crippen LogP) is 4.23. The molecule has 0 aromatic heterocycles. The van der Waals surface area contributed by atoms with Crippen LogP contribution >= 0.6 is 0 Å². The van der Waals surface area contributed by atoms with Crippen molar-refractivity contribution in [2.45, 2.75) is 53.4 Å². The van der Waals surface area contributed by atoms with Crippen LogP contribution in [0.15, 0.2) is 24.5 Å². The molecule has 0 aromatic carbocycles. The number of hydrogen-bond acceptors (Lipinski definition) is 2. The summed E-state index contributed by atoms with van der Waals surface area (Å²) in [5.74, 6) is 0.187. The third-order valence-electron chi connectivity index (χ3n) is 2.11. The minimum absolute atomic E-state index is 0.240. The molecule has 0 radical (unpaired) electrons. The Kier molecular flexibility index (Phi) is 6.78. The summed E-state index contributed by atoms with van der Waals surface area (Å²) in [6, 6.07) is 0. The first kappa shape index (κ1) is 14.9. The molecule has 16 heavy (non-hydrogen) atoms. The minimum Gasteiger partial charge on any atom is -0.427 e.